The number of imidazole rings is 1. The molecule has 5 nitrogen and oxygen atoms in total. The molecule has 20 heavy (non-hydrogen) atoms. The zero-order valence-electron chi connectivity index (χ0n) is 12.7. The van der Waals surface area contributed by atoms with Crippen LogP contribution in [0.3, 0.4) is 0 Å². The molecular weight excluding hydrogens is 252 g/mol. The summed E-state index contributed by atoms with van der Waals surface area (Å²) in [6.07, 6.45) is 0. The van der Waals surface area contributed by atoms with Gasteiger partial charge in [0.05, 0.1) is 11.0 Å². The van der Waals surface area contributed by atoms with Crippen molar-refractivity contribution in [3.05, 3.63) is 23.8 Å². The molecule has 1 heterocycles. The Labute approximate surface area is 119 Å². The van der Waals surface area contributed by atoms with E-state index in [1.54, 1.807) is 4.57 Å². The number of rotatable bonds is 2. The summed E-state index contributed by atoms with van der Waals surface area (Å²) in [5, 5.41) is 2.97. The fraction of sp³-hybridized carbons (Fsp3) is 0.467. The van der Waals surface area contributed by atoms with E-state index < -0.39 is 6.04 Å². The summed E-state index contributed by atoms with van der Waals surface area (Å²) in [5.74, 6) is 0.298. The van der Waals surface area contributed by atoms with Crippen LogP contribution in [0.25, 0.3) is 11.0 Å². The van der Waals surface area contributed by atoms with E-state index in [1.165, 1.54) is 0 Å². The summed E-state index contributed by atoms with van der Waals surface area (Å²) in [6, 6.07) is 5.51. The molecule has 0 aliphatic carbocycles. The maximum atomic E-state index is 12.3. The predicted molar refractivity (Wildman–Crippen MR) is 81.5 cm³/mol. The summed E-state index contributed by atoms with van der Waals surface area (Å²) < 4.78 is 1.78. The lowest BCUT2D eigenvalue weighted by Crippen LogP contribution is -2.43. The van der Waals surface area contributed by atoms with Gasteiger partial charge >= 0.3 is 0 Å². The van der Waals surface area contributed by atoms with Gasteiger partial charge in [-0.1, -0.05) is 6.07 Å². The highest BCUT2D eigenvalue weighted by Crippen LogP contribution is 2.24. The lowest BCUT2D eigenvalue weighted by molar-refractivity contribution is -0.125. The van der Waals surface area contributed by atoms with Crippen molar-refractivity contribution in [3.63, 3.8) is 0 Å². The third-order valence-corrected chi connectivity index (χ3v) is 3.14. The van der Waals surface area contributed by atoms with E-state index in [-0.39, 0.29) is 11.4 Å². The largest absolute Gasteiger partial charge is 0.369 e. The maximum absolute atomic E-state index is 12.3. The van der Waals surface area contributed by atoms with Gasteiger partial charge in [-0.15, -0.1) is 0 Å². The van der Waals surface area contributed by atoms with Crippen molar-refractivity contribution in [1.82, 2.24) is 14.9 Å². The Kier molecular flexibility index (Phi) is 3.46. The van der Waals surface area contributed by atoms with E-state index in [2.05, 4.69) is 10.3 Å². The van der Waals surface area contributed by atoms with Gasteiger partial charge in [-0.05, 0) is 52.3 Å². The van der Waals surface area contributed by atoms with Crippen LogP contribution in [0, 0.1) is 6.92 Å². The highest BCUT2D eigenvalue weighted by atomic mass is 16.2. The zero-order chi connectivity index (χ0) is 15.1. The second-order valence-electron chi connectivity index (χ2n) is 6.25. The van der Waals surface area contributed by atoms with Crippen LogP contribution >= 0.6 is 0 Å². The Balaban J connectivity index is 2.44. The van der Waals surface area contributed by atoms with E-state index in [0.29, 0.717) is 5.95 Å². The van der Waals surface area contributed by atoms with Gasteiger partial charge < -0.3 is 11.1 Å². The average molecular weight is 274 g/mol. The molecule has 108 valence electrons. The monoisotopic (exact) mass is 274 g/mol. The van der Waals surface area contributed by atoms with Crippen molar-refractivity contribution < 1.29 is 4.79 Å². The summed E-state index contributed by atoms with van der Waals surface area (Å²) in [6.45, 7) is 9.71. The number of anilines is 1. The van der Waals surface area contributed by atoms with Gasteiger partial charge in [0.25, 0.3) is 0 Å². The third kappa shape index (κ3) is 2.76. The molecule has 0 radical (unpaired) electrons. The molecule has 1 amide bonds. The summed E-state index contributed by atoms with van der Waals surface area (Å²) in [7, 11) is 0. The van der Waals surface area contributed by atoms with Crippen molar-refractivity contribution in [2.45, 2.75) is 46.2 Å². The molecule has 1 unspecified atom stereocenters. The molecular formula is C15H22N4O. The Bertz CT molecular complexity index is 652. The van der Waals surface area contributed by atoms with Crippen LogP contribution in [0.1, 0.15) is 39.3 Å². The molecule has 0 aliphatic rings. The minimum absolute atomic E-state index is 0.0648. The van der Waals surface area contributed by atoms with Crippen LogP contribution in [0.4, 0.5) is 5.95 Å². The van der Waals surface area contributed by atoms with E-state index >= 15 is 0 Å². The lowest BCUT2D eigenvalue weighted by Gasteiger charge is -2.24. The Hall–Kier alpha value is -2.04. The van der Waals surface area contributed by atoms with Gasteiger partial charge in [-0.3, -0.25) is 9.36 Å². The van der Waals surface area contributed by atoms with Crippen LogP contribution in [0.15, 0.2) is 18.2 Å². The lowest BCUT2D eigenvalue weighted by atomic mass is 10.1. The van der Waals surface area contributed by atoms with Crippen molar-refractivity contribution >= 4 is 22.9 Å². The molecule has 0 aliphatic heterocycles. The summed E-state index contributed by atoms with van der Waals surface area (Å²) in [4.78, 5) is 16.6. The number of benzene rings is 1. The highest BCUT2D eigenvalue weighted by molar-refractivity contribution is 5.86. The standard InChI is InChI=1S/C15H22N4O/c1-9-6-7-11-12(8-9)19(14(16)17-11)10(2)13(20)18-15(3,4)5/h6-8,10H,1-5H3,(H2,16,17)(H,18,20). The Morgan fingerprint density at radius 1 is 1.40 bits per heavy atom. The third-order valence-electron chi connectivity index (χ3n) is 3.14. The number of nitrogen functional groups attached to an aromatic ring is 1. The van der Waals surface area contributed by atoms with Crippen LogP contribution in [0.5, 0.6) is 0 Å². The Morgan fingerprint density at radius 2 is 2.05 bits per heavy atom. The van der Waals surface area contributed by atoms with Crippen molar-refractivity contribution in [2.75, 3.05) is 5.73 Å². The second-order valence-corrected chi connectivity index (χ2v) is 6.25. The minimum Gasteiger partial charge on any atom is -0.369 e. The number of nitrogens with one attached hydrogen (secondary N) is 1. The van der Waals surface area contributed by atoms with Gasteiger partial charge in [0.1, 0.15) is 6.04 Å². The zero-order valence-corrected chi connectivity index (χ0v) is 12.7. The normalized spacial score (nSPS) is 13.4. The molecule has 0 fully saturated rings. The quantitative estimate of drug-likeness (QED) is 0.883. The maximum Gasteiger partial charge on any atom is 0.243 e. The van der Waals surface area contributed by atoms with E-state index in [9.17, 15) is 4.79 Å². The minimum atomic E-state index is -0.402. The number of aromatic nitrogens is 2. The molecule has 1 atom stereocenters. The number of nitrogens with two attached hydrogens (primary N) is 1. The van der Waals surface area contributed by atoms with E-state index in [4.69, 9.17) is 5.73 Å². The summed E-state index contributed by atoms with van der Waals surface area (Å²) >= 11 is 0. The smallest absolute Gasteiger partial charge is 0.243 e. The molecule has 0 saturated heterocycles. The molecule has 1 aromatic heterocycles. The first-order valence-corrected chi connectivity index (χ1v) is 6.75. The molecule has 0 spiro atoms. The van der Waals surface area contributed by atoms with Gasteiger partial charge in [-0.25, -0.2) is 4.98 Å². The summed E-state index contributed by atoms with van der Waals surface area (Å²) in [5.41, 5.74) is 8.52. The molecule has 5 heteroatoms. The first-order valence-electron chi connectivity index (χ1n) is 6.75. The number of hydrogen-bond donors (Lipinski definition) is 2. The van der Waals surface area contributed by atoms with Gasteiger partial charge in [0, 0.05) is 5.54 Å². The van der Waals surface area contributed by atoms with Crippen LogP contribution in [-0.2, 0) is 4.79 Å². The highest BCUT2D eigenvalue weighted by Gasteiger charge is 2.23. The number of aryl methyl sites for hydroxylation is 1. The molecule has 0 saturated carbocycles. The van der Waals surface area contributed by atoms with Crippen LogP contribution in [0.2, 0.25) is 0 Å². The van der Waals surface area contributed by atoms with E-state index in [0.717, 1.165) is 16.6 Å². The topological polar surface area (TPSA) is 72.9 Å². The second kappa shape index (κ2) is 4.81. The number of amides is 1. The number of carbonyl (C=O) groups excluding carboxylic acids is 1. The number of hydrogen-bond acceptors (Lipinski definition) is 3. The van der Waals surface area contributed by atoms with E-state index in [1.807, 2.05) is 52.8 Å². The van der Waals surface area contributed by atoms with Crippen molar-refractivity contribution in [3.8, 4) is 0 Å². The first kappa shape index (κ1) is 14.4. The van der Waals surface area contributed by atoms with Gasteiger partial charge in [-0.2, -0.15) is 0 Å². The first-order chi connectivity index (χ1) is 9.19. The SMILES string of the molecule is Cc1ccc2nc(N)n(C(C)C(=O)NC(C)(C)C)c2c1. The molecule has 2 rings (SSSR count). The molecule has 2 aromatic rings. The van der Waals surface area contributed by atoms with Crippen molar-refractivity contribution in [2.24, 2.45) is 0 Å². The van der Waals surface area contributed by atoms with Crippen molar-refractivity contribution in [1.29, 1.82) is 0 Å². The van der Waals surface area contributed by atoms with Gasteiger partial charge in [0.15, 0.2) is 0 Å². The number of nitrogens with zero attached hydrogens (tertiary/aromatic N) is 2. The fourth-order valence-electron chi connectivity index (χ4n) is 2.22. The van der Waals surface area contributed by atoms with Gasteiger partial charge in [0.2, 0.25) is 11.9 Å². The Morgan fingerprint density at radius 3 is 2.65 bits per heavy atom. The molecule has 1 aromatic carbocycles. The predicted octanol–water partition coefficient (Wildman–Crippen LogP) is 2.40. The number of carbonyl (C=O) groups is 1. The molecule has 0 bridgehead atoms. The van der Waals surface area contributed by atoms with Crippen LogP contribution < -0.4 is 11.1 Å². The number of fused-ring (bicyclic) bond motifs is 1. The average Bonchev–Trinajstić information content (AvgIpc) is 2.61. The molecule has 3 N–H and O–H groups in total. The van der Waals surface area contributed by atoms with Crippen LogP contribution in [-0.4, -0.2) is 21.0 Å². The fourth-order valence-corrected chi connectivity index (χ4v) is 2.22.